The molecule has 0 heterocycles. The average molecular weight is 227 g/mol. The molecule has 14 heavy (non-hydrogen) atoms. The monoisotopic (exact) mass is 226 g/mol. The molecule has 0 saturated heterocycles. The minimum absolute atomic E-state index is 1.29. The van der Waals surface area contributed by atoms with E-state index in [0.717, 1.165) is 0 Å². The zero-order valence-corrected chi connectivity index (χ0v) is 7.43. The van der Waals surface area contributed by atoms with Crippen LogP contribution in [0, 0.1) is 0 Å². The summed E-state index contributed by atoms with van der Waals surface area (Å²) in [6, 6.07) is 0. The third kappa shape index (κ3) is 2.57. The Hall–Kier alpha value is -1.34. The van der Waals surface area contributed by atoms with E-state index in [9.17, 15) is 19.5 Å². The van der Waals surface area contributed by atoms with E-state index in [0.29, 0.717) is 0 Å². The van der Waals surface area contributed by atoms with Crippen LogP contribution in [-0.2, 0) is 14.4 Å². The lowest BCUT2D eigenvalue weighted by molar-refractivity contribution is -0.169. The van der Waals surface area contributed by atoms with Crippen molar-refractivity contribution in [2.24, 2.45) is 0 Å². The van der Waals surface area contributed by atoms with Crippen LogP contribution in [0.2, 0.25) is 0 Å². The van der Waals surface area contributed by atoms with Crippen LogP contribution in [0.3, 0.4) is 0 Å². The van der Waals surface area contributed by atoms with Gasteiger partial charge >= 0.3 is 17.9 Å². The van der Waals surface area contributed by atoms with Gasteiger partial charge in [0.2, 0.25) is 0 Å². The van der Waals surface area contributed by atoms with E-state index >= 15 is 0 Å². The van der Waals surface area contributed by atoms with Crippen molar-refractivity contribution >= 4 is 29.5 Å². The number of carbonyl (C=O) groups is 3. The first kappa shape index (κ1) is 12.7. The van der Waals surface area contributed by atoms with Crippen molar-refractivity contribution in [3.05, 3.63) is 0 Å². The van der Waals surface area contributed by atoms with E-state index in [1.54, 1.807) is 0 Å². The van der Waals surface area contributed by atoms with Crippen LogP contribution >= 0.6 is 11.6 Å². The normalized spacial score (nSPS) is 16.7. The van der Waals surface area contributed by atoms with Gasteiger partial charge in [-0.15, -0.1) is 11.6 Å². The van der Waals surface area contributed by atoms with Crippen LogP contribution in [0.25, 0.3) is 0 Å². The summed E-state index contributed by atoms with van der Waals surface area (Å²) >= 11 is 5.07. The van der Waals surface area contributed by atoms with Crippen molar-refractivity contribution < 1.29 is 34.8 Å². The molecule has 0 saturated carbocycles. The van der Waals surface area contributed by atoms with Gasteiger partial charge in [-0.2, -0.15) is 0 Å². The number of hydrogen-bond donors (Lipinski definition) is 4. The van der Waals surface area contributed by atoms with Crippen molar-refractivity contribution in [1.82, 2.24) is 0 Å². The second kappa shape index (κ2) is 4.25. The lowest BCUT2D eigenvalue weighted by Gasteiger charge is -2.23. The molecule has 80 valence electrons. The Kier molecular flexibility index (Phi) is 3.84. The van der Waals surface area contributed by atoms with Gasteiger partial charge in [-0.3, -0.25) is 9.59 Å². The third-order valence-corrected chi connectivity index (χ3v) is 1.97. The van der Waals surface area contributed by atoms with Gasteiger partial charge in [0, 0.05) is 0 Å². The van der Waals surface area contributed by atoms with Gasteiger partial charge in [0.05, 0.1) is 6.42 Å². The number of aliphatic carboxylic acids is 3. The maximum atomic E-state index is 10.4. The molecular weight excluding hydrogens is 220 g/mol. The van der Waals surface area contributed by atoms with Crippen molar-refractivity contribution in [3.63, 3.8) is 0 Å². The highest BCUT2D eigenvalue weighted by Crippen LogP contribution is 2.21. The van der Waals surface area contributed by atoms with Gasteiger partial charge in [0.1, 0.15) is 0 Å². The number of halogens is 1. The lowest BCUT2D eigenvalue weighted by Crippen LogP contribution is -2.51. The first-order chi connectivity index (χ1) is 6.21. The molecule has 0 aromatic carbocycles. The summed E-state index contributed by atoms with van der Waals surface area (Å²) in [4.78, 5) is 30.9. The van der Waals surface area contributed by atoms with Crippen molar-refractivity contribution in [3.8, 4) is 0 Å². The van der Waals surface area contributed by atoms with E-state index < -0.39 is 35.3 Å². The summed E-state index contributed by atoms with van der Waals surface area (Å²) in [5.74, 6) is -5.47. The van der Waals surface area contributed by atoms with Crippen LogP contribution in [0.15, 0.2) is 0 Å². The van der Waals surface area contributed by atoms with Crippen molar-refractivity contribution in [2.75, 3.05) is 0 Å². The lowest BCUT2D eigenvalue weighted by atomic mass is 9.95. The number of carboxylic acid groups (broad SMARTS) is 3. The standard InChI is InChI=1S/C6H7ClO7/c7-3(4(10)11)6(14,5(12)13)1-2(8)9/h3,14H,1H2,(H,8,9)(H,10,11)(H,12,13)/t3-,6-/m0/s1. The van der Waals surface area contributed by atoms with E-state index in [4.69, 9.17) is 26.9 Å². The Labute approximate surface area is 82.5 Å². The van der Waals surface area contributed by atoms with E-state index in [1.807, 2.05) is 0 Å². The molecule has 0 rings (SSSR count). The quantitative estimate of drug-likeness (QED) is 0.441. The molecule has 8 heteroatoms. The van der Waals surface area contributed by atoms with Crippen LogP contribution in [0.5, 0.6) is 0 Å². The molecule has 7 nitrogen and oxygen atoms in total. The summed E-state index contributed by atoms with van der Waals surface area (Å²) in [5.41, 5.74) is -3.01. The van der Waals surface area contributed by atoms with Crippen LogP contribution in [-0.4, -0.2) is 49.3 Å². The first-order valence-electron chi connectivity index (χ1n) is 3.26. The summed E-state index contributed by atoms with van der Waals surface area (Å²) in [7, 11) is 0. The van der Waals surface area contributed by atoms with Gasteiger partial charge in [0.15, 0.2) is 11.0 Å². The number of carboxylic acids is 3. The highest BCUT2D eigenvalue weighted by Gasteiger charge is 2.49. The van der Waals surface area contributed by atoms with Gasteiger partial charge in [0.25, 0.3) is 0 Å². The summed E-state index contributed by atoms with van der Waals surface area (Å²) < 4.78 is 0. The molecule has 0 bridgehead atoms. The minimum atomic E-state index is -3.01. The number of hydrogen-bond acceptors (Lipinski definition) is 4. The Balaban J connectivity index is 4.99. The van der Waals surface area contributed by atoms with Gasteiger partial charge < -0.3 is 20.4 Å². The number of alkyl halides is 1. The van der Waals surface area contributed by atoms with Gasteiger partial charge in [-0.25, -0.2) is 4.79 Å². The molecule has 0 aromatic heterocycles. The van der Waals surface area contributed by atoms with Crippen LogP contribution in [0.1, 0.15) is 6.42 Å². The van der Waals surface area contributed by atoms with E-state index in [-0.39, 0.29) is 0 Å². The van der Waals surface area contributed by atoms with Crippen molar-refractivity contribution in [2.45, 2.75) is 17.4 Å². The fourth-order valence-corrected chi connectivity index (χ4v) is 0.879. The van der Waals surface area contributed by atoms with Gasteiger partial charge in [-0.05, 0) is 0 Å². The predicted octanol–water partition coefficient (Wildman–Crippen LogP) is -1.03. The van der Waals surface area contributed by atoms with Crippen LogP contribution < -0.4 is 0 Å². The average Bonchev–Trinajstić information content (AvgIpc) is 2.00. The highest BCUT2D eigenvalue weighted by atomic mass is 35.5. The molecular formula is C6H7ClO7. The molecule has 0 fully saturated rings. The molecule has 0 aliphatic rings. The zero-order chi connectivity index (χ0) is 11.5. The number of rotatable bonds is 5. The maximum absolute atomic E-state index is 10.4. The Morgan fingerprint density at radius 3 is 1.86 bits per heavy atom. The summed E-state index contributed by atoms with van der Waals surface area (Å²) in [6.45, 7) is 0. The molecule has 0 amide bonds. The molecule has 0 aliphatic heterocycles. The maximum Gasteiger partial charge on any atom is 0.338 e. The first-order valence-corrected chi connectivity index (χ1v) is 3.70. The Bertz CT molecular complexity index is 275. The summed E-state index contributed by atoms with van der Waals surface area (Å²) in [6.07, 6.45) is -1.29. The fraction of sp³-hybridized carbons (Fsp3) is 0.500. The second-order valence-corrected chi connectivity index (χ2v) is 2.94. The molecule has 0 spiro atoms. The van der Waals surface area contributed by atoms with Crippen LogP contribution in [0.4, 0.5) is 0 Å². The molecule has 0 unspecified atom stereocenters. The van der Waals surface area contributed by atoms with E-state index in [2.05, 4.69) is 0 Å². The zero-order valence-electron chi connectivity index (χ0n) is 6.68. The Morgan fingerprint density at radius 1 is 1.21 bits per heavy atom. The molecule has 0 radical (unpaired) electrons. The smallest absolute Gasteiger partial charge is 0.338 e. The fourth-order valence-electron chi connectivity index (χ4n) is 0.708. The molecule has 4 N–H and O–H groups in total. The number of aliphatic hydroxyl groups is 1. The van der Waals surface area contributed by atoms with Gasteiger partial charge in [-0.1, -0.05) is 0 Å². The molecule has 0 aromatic rings. The van der Waals surface area contributed by atoms with Crippen molar-refractivity contribution in [1.29, 1.82) is 0 Å². The minimum Gasteiger partial charge on any atom is -0.481 e. The molecule has 2 atom stereocenters. The Morgan fingerprint density at radius 2 is 1.64 bits per heavy atom. The van der Waals surface area contributed by atoms with E-state index in [1.165, 1.54) is 0 Å². The highest BCUT2D eigenvalue weighted by molar-refractivity contribution is 6.32. The third-order valence-electron chi connectivity index (χ3n) is 1.43. The summed E-state index contributed by atoms with van der Waals surface area (Å²) in [5, 5.41) is 32.0. The second-order valence-electron chi connectivity index (χ2n) is 2.50. The predicted molar refractivity (Wildman–Crippen MR) is 42.1 cm³/mol. The topological polar surface area (TPSA) is 132 Å². The SMILES string of the molecule is O=C(O)C[C@@](O)(C(=O)O)[C@@H](Cl)C(=O)O. The largest absolute Gasteiger partial charge is 0.481 e. The molecule has 0 aliphatic carbocycles.